The van der Waals surface area contributed by atoms with Crippen molar-refractivity contribution in [2.24, 2.45) is 0 Å². The molecule has 2 fully saturated rings. The summed E-state index contributed by atoms with van der Waals surface area (Å²) in [4.78, 5) is 26.0. The minimum Gasteiger partial charge on any atom is -0.308 e. The van der Waals surface area contributed by atoms with Crippen molar-refractivity contribution < 1.29 is 9.18 Å². The van der Waals surface area contributed by atoms with Crippen LogP contribution in [0.3, 0.4) is 0 Å². The predicted molar refractivity (Wildman–Crippen MR) is 102 cm³/mol. The van der Waals surface area contributed by atoms with Gasteiger partial charge in [-0.15, -0.1) is 0 Å². The zero-order chi connectivity index (χ0) is 19.0. The molecule has 5 nitrogen and oxygen atoms in total. The third kappa shape index (κ3) is 3.58. The van der Waals surface area contributed by atoms with E-state index in [1.807, 2.05) is 19.9 Å². The standard InChI is InChI=1S/C21H25FN4O/c1-14-13-15(2)24-20(23-14)16-7-10-25(11-8-16)19-9-12-26(21(19)27)18-6-4-3-5-17(18)22/h3-6,13,16,19H,7-12H2,1-2H3/t19-/m0/s1. The number of hydrogen-bond acceptors (Lipinski definition) is 4. The normalized spacial score (nSPS) is 21.8. The second kappa shape index (κ2) is 7.35. The summed E-state index contributed by atoms with van der Waals surface area (Å²) in [7, 11) is 0. The van der Waals surface area contributed by atoms with E-state index < -0.39 is 0 Å². The molecule has 0 saturated carbocycles. The van der Waals surface area contributed by atoms with E-state index in [2.05, 4.69) is 14.9 Å². The summed E-state index contributed by atoms with van der Waals surface area (Å²) in [6.45, 7) is 6.28. The Balaban J connectivity index is 1.41. The molecule has 0 spiro atoms. The minimum atomic E-state index is -0.336. The number of carbonyl (C=O) groups excluding carboxylic acids is 1. The SMILES string of the molecule is Cc1cc(C)nc(C2CCN([C@H]3CCN(c4ccccc4F)C3=O)CC2)n1. The lowest BCUT2D eigenvalue weighted by Crippen LogP contribution is -2.45. The van der Waals surface area contributed by atoms with Gasteiger partial charge >= 0.3 is 0 Å². The van der Waals surface area contributed by atoms with Crippen molar-refractivity contribution in [2.45, 2.75) is 45.1 Å². The van der Waals surface area contributed by atoms with Crippen LogP contribution in [0.4, 0.5) is 10.1 Å². The largest absolute Gasteiger partial charge is 0.308 e. The lowest BCUT2D eigenvalue weighted by atomic mass is 9.94. The van der Waals surface area contributed by atoms with Gasteiger partial charge in [0.15, 0.2) is 0 Å². The molecule has 3 heterocycles. The maximum atomic E-state index is 14.1. The molecule has 2 aliphatic heterocycles. The maximum Gasteiger partial charge on any atom is 0.244 e. The van der Waals surface area contributed by atoms with E-state index in [9.17, 15) is 9.18 Å². The van der Waals surface area contributed by atoms with Crippen molar-refractivity contribution in [1.29, 1.82) is 0 Å². The second-order valence-electron chi connectivity index (χ2n) is 7.56. The van der Waals surface area contributed by atoms with Gasteiger partial charge in [-0.2, -0.15) is 0 Å². The van der Waals surface area contributed by atoms with Crippen LogP contribution in [-0.2, 0) is 4.79 Å². The summed E-state index contributed by atoms with van der Waals surface area (Å²) in [6.07, 6.45) is 2.65. The number of rotatable bonds is 3. The van der Waals surface area contributed by atoms with Gasteiger partial charge in [-0.05, 0) is 64.4 Å². The molecule has 4 rings (SSSR count). The Labute approximate surface area is 159 Å². The average molecular weight is 368 g/mol. The zero-order valence-electron chi connectivity index (χ0n) is 15.9. The molecule has 2 saturated heterocycles. The molecule has 2 aliphatic rings. The van der Waals surface area contributed by atoms with Crippen LogP contribution in [0.1, 0.15) is 42.4 Å². The highest BCUT2D eigenvalue weighted by Crippen LogP contribution is 2.31. The molecule has 1 aromatic carbocycles. The van der Waals surface area contributed by atoms with Crippen LogP contribution in [-0.4, -0.2) is 46.5 Å². The number of aromatic nitrogens is 2. The third-order valence-corrected chi connectivity index (χ3v) is 5.66. The van der Waals surface area contributed by atoms with Gasteiger partial charge in [0.05, 0.1) is 11.7 Å². The Morgan fingerprint density at radius 2 is 1.67 bits per heavy atom. The van der Waals surface area contributed by atoms with E-state index in [0.29, 0.717) is 18.2 Å². The van der Waals surface area contributed by atoms with E-state index in [4.69, 9.17) is 0 Å². The highest BCUT2D eigenvalue weighted by molar-refractivity contribution is 5.99. The molecule has 1 amide bonds. The van der Waals surface area contributed by atoms with Crippen molar-refractivity contribution in [2.75, 3.05) is 24.5 Å². The molecule has 0 unspecified atom stereocenters. The number of anilines is 1. The summed E-state index contributed by atoms with van der Waals surface area (Å²) < 4.78 is 14.1. The summed E-state index contributed by atoms with van der Waals surface area (Å²) in [6, 6.07) is 8.36. The van der Waals surface area contributed by atoms with Gasteiger partial charge in [0.1, 0.15) is 11.6 Å². The van der Waals surface area contributed by atoms with Crippen molar-refractivity contribution in [3.05, 3.63) is 53.4 Å². The third-order valence-electron chi connectivity index (χ3n) is 5.66. The van der Waals surface area contributed by atoms with Gasteiger partial charge in [0.2, 0.25) is 5.91 Å². The van der Waals surface area contributed by atoms with Crippen LogP contribution in [0, 0.1) is 19.7 Å². The first-order valence-electron chi connectivity index (χ1n) is 9.65. The molecule has 142 valence electrons. The minimum absolute atomic E-state index is 0.0150. The van der Waals surface area contributed by atoms with Gasteiger partial charge in [-0.1, -0.05) is 12.1 Å². The highest BCUT2D eigenvalue weighted by Gasteiger charge is 2.39. The molecule has 0 radical (unpaired) electrons. The van der Waals surface area contributed by atoms with Gasteiger partial charge in [-0.25, -0.2) is 14.4 Å². The fourth-order valence-corrected chi connectivity index (χ4v) is 4.32. The molecular weight excluding hydrogens is 343 g/mol. The summed E-state index contributed by atoms with van der Waals surface area (Å²) >= 11 is 0. The number of aryl methyl sites for hydroxylation is 2. The second-order valence-corrected chi connectivity index (χ2v) is 7.56. The van der Waals surface area contributed by atoms with Crippen molar-refractivity contribution in [3.63, 3.8) is 0 Å². The first kappa shape index (κ1) is 18.0. The number of nitrogens with zero attached hydrogens (tertiary/aromatic N) is 4. The van der Waals surface area contributed by atoms with Crippen LogP contribution in [0.5, 0.6) is 0 Å². The predicted octanol–water partition coefficient (Wildman–Crippen LogP) is 3.22. The number of para-hydroxylation sites is 1. The quantitative estimate of drug-likeness (QED) is 0.835. The van der Waals surface area contributed by atoms with Crippen LogP contribution in [0.2, 0.25) is 0 Å². The first-order valence-corrected chi connectivity index (χ1v) is 9.65. The number of benzene rings is 1. The molecule has 1 aromatic heterocycles. The van der Waals surface area contributed by atoms with Crippen molar-refractivity contribution >= 4 is 11.6 Å². The summed E-state index contributed by atoms with van der Waals surface area (Å²) in [5, 5.41) is 0. The van der Waals surface area contributed by atoms with Gasteiger partial charge in [-0.3, -0.25) is 9.69 Å². The Morgan fingerprint density at radius 3 is 2.33 bits per heavy atom. The van der Waals surface area contributed by atoms with E-state index in [1.54, 1.807) is 23.1 Å². The molecule has 0 bridgehead atoms. The fraction of sp³-hybridized carbons (Fsp3) is 0.476. The van der Waals surface area contributed by atoms with Crippen molar-refractivity contribution in [3.8, 4) is 0 Å². The maximum absolute atomic E-state index is 14.1. The number of halogens is 1. The zero-order valence-corrected chi connectivity index (χ0v) is 15.9. The Kier molecular flexibility index (Phi) is 4.91. The van der Waals surface area contributed by atoms with Crippen LogP contribution in [0.25, 0.3) is 0 Å². The fourth-order valence-electron chi connectivity index (χ4n) is 4.32. The van der Waals surface area contributed by atoms with Crippen LogP contribution < -0.4 is 4.90 Å². The van der Waals surface area contributed by atoms with E-state index in [-0.39, 0.29) is 17.8 Å². The molecule has 6 heteroatoms. The van der Waals surface area contributed by atoms with E-state index in [1.165, 1.54) is 6.07 Å². The Morgan fingerprint density at radius 1 is 1.00 bits per heavy atom. The summed E-state index contributed by atoms with van der Waals surface area (Å²) in [5.41, 5.74) is 2.40. The topological polar surface area (TPSA) is 49.3 Å². The highest BCUT2D eigenvalue weighted by atomic mass is 19.1. The lowest BCUT2D eigenvalue weighted by Gasteiger charge is -2.34. The number of carbonyl (C=O) groups is 1. The molecule has 0 N–H and O–H groups in total. The van der Waals surface area contributed by atoms with Crippen LogP contribution >= 0.6 is 0 Å². The van der Waals surface area contributed by atoms with E-state index in [0.717, 1.165) is 49.6 Å². The number of amides is 1. The Hall–Kier alpha value is -2.34. The Bertz CT molecular complexity index is 828. The number of hydrogen-bond donors (Lipinski definition) is 0. The first-order chi connectivity index (χ1) is 13.0. The lowest BCUT2D eigenvalue weighted by molar-refractivity contribution is -0.122. The molecular formula is C21H25FN4O. The van der Waals surface area contributed by atoms with E-state index >= 15 is 0 Å². The van der Waals surface area contributed by atoms with Gasteiger partial charge in [0, 0.05) is 23.9 Å². The number of likely N-dealkylation sites (tertiary alicyclic amines) is 1. The van der Waals surface area contributed by atoms with Crippen molar-refractivity contribution in [1.82, 2.24) is 14.9 Å². The van der Waals surface area contributed by atoms with Gasteiger partial charge in [0.25, 0.3) is 0 Å². The summed E-state index contributed by atoms with van der Waals surface area (Å²) in [5.74, 6) is 0.954. The smallest absolute Gasteiger partial charge is 0.244 e. The number of piperidine rings is 1. The molecule has 1 atom stereocenters. The molecule has 27 heavy (non-hydrogen) atoms. The monoisotopic (exact) mass is 368 g/mol. The average Bonchev–Trinajstić information content (AvgIpc) is 3.03. The molecule has 0 aliphatic carbocycles. The molecule has 2 aromatic rings. The van der Waals surface area contributed by atoms with Crippen LogP contribution in [0.15, 0.2) is 30.3 Å². The van der Waals surface area contributed by atoms with Gasteiger partial charge < -0.3 is 4.90 Å².